The largest absolute Gasteiger partial charge is 0.497 e. The second-order valence-corrected chi connectivity index (χ2v) is 7.85. The number of nitrogens with zero attached hydrogens (tertiary/aromatic N) is 2. The van der Waals surface area contributed by atoms with Gasteiger partial charge in [-0.05, 0) is 72.9 Å². The molecule has 0 radical (unpaired) electrons. The van der Waals surface area contributed by atoms with Gasteiger partial charge in [0.2, 0.25) is 5.91 Å². The zero-order valence-corrected chi connectivity index (χ0v) is 16.7. The highest BCUT2D eigenvalue weighted by atomic mass is 32.2. The lowest BCUT2D eigenvalue weighted by molar-refractivity contribution is -0.118. The maximum absolute atomic E-state index is 12.2. The van der Waals surface area contributed by atoms with Crippen LogP contribution in [0.15, 0.2) is 59.6 Å². The summed E-state index contributed by atoms with van der Waals surface area (Å²) in [4.78, 5) is 13.4. The van der Waals surface area contributed by atoms with Crippen LogP contribution >= 0.6 is 11.8 Å². The Balaban J connectivity index is 1.27. The van der Waals surface area contributed by atoms with Crippen LogP contribution in [0.2, 0.25) is 0 Å². The molecule has 0 atom stereocenters. The molecule has 0 aliphatic heterocycles. The van der Waals surface area contributed by atoms with Crippen LogP contribution in [0.4, 0.5) is 0 Å². The number of rotatable bonds is 7. The number of aromatic nitrogens is 2. The third-order valence-corrected chi connectivity index (χ3v) is 5.88. The fraction of sp³-hybridized carbons (Fsp3) is 0.273. The number of amides is 1. The smallest absolute Gasteiger partial charge is 0.230 e. The number of carbonyl (C=O) groups is 1. The maximum atomic E-state index is 12.2. The summed E-state index contributed by atoms with van der Waals surface area (Å²) >= 11 is 1.59. The van der Waals surface area contributed by atoms with E-state index in [9.17, 15) is 4.79 Å². The Morgan fingerprint density at radius 3 is 2.79 bits per heavy atom. The van der Waals surface area contributed by atoms with Crippen molar-refractivity contribution >= 4 is 17.7 Å². The summed E-state index contributed by atoms with van der Waals surface area (Å²) in [6.07, 6.45) is 5.48. The monoisotopic (exact) mass is 393 g/mol. The van der Waals surface area contributed by atoms with Gasteiger partial charge in [0.25, 0.3) is 0 Å². The fourth-order valence-corrected chi connectivity index (χ4v) is 4.15. The van der Waals surface area contributed by atoms with E-state index in [1.165, 1.54) is 28.9 Å². The lowest BCUT2D eigenvalue weighted by atomic mass is 10.1. The molecule has 1 aliphatic rings. The summed E-state index contributed by atoms with van der Waals surface area (Å²) in [7, 11) is 1.65. The number of hydrogen-bond acceptors (Lipinski definition) is 4. The highest BCUT2D eigenvalue weighted by Crippen LogP contribution is 2.27. The number of fused-ring (bicyclic) bond motifs is 1. The number of thioether (sulfide) groups is 1. The van der Waals surface area contributed by atoms with Crippen LogP contribution in [0.1, 0.15) is 23.2 Å². The van der Waals surface area contributed by atoms with Crippen LogP contribution in [0.25, 0.3) is 5.69 Å². The highest BCUT2D eigenvalue weighted by Gasteiger charge is 2.12. The molecule has 1 aliphatic carbocycles. The van der Waals surface area contributed by atoms with Crippen molar-refractivity contribution in [3.8, 4) is 11.4 Å². The normalized spacial score (nSPS) is 12.6. The van der Waals surface area contributed by atoms with Gasteiger partial charge in [-0.2, -0.15) is 5.10 Å². The van der Waals surface area contributed by atoms with Crippen molar-refractivity contribution in [1.82, 2.24) is 15.1 Å². The summed E-state index contributed by atoms with van der Waals surface area (Å²) in [5, 5.41) is 7.47. The Morgan fingerprint density at radius 1 is 1.14 bits per heavy atom. The molecule has 6 heteroatoms. The number of carbonyl (C=O) groups excluding carboxylic acids is 1. The van der Waals surface area contributed by atoms with E-state index in [4.69, 9.17) is 4.74 Å². The van der Waals surface area contributed by atoms with Crippen LogP contribution in [0.3, 0.4) is 0 Å². The lowest BCUT2D eigenvalue weighted by Gasteiger charge is -2.06. The molecule has 4 rings (SSSR count). The van der Waals surface area contributed by atoms with Gasteiger partial charge in [0.1, 0.15) is 5.75 Å². The zero-order chi connectivity index (χ0) is 19.3. The van der Waals surface area contributed by atoms with Gasteiger partial charge in [-0.25, -0.2) is 4.68 Å². The Labute approximate surface area is 169 Å². The van der Waals surface area contributed by atoms with Crippen molar-refractivity contribution in [1.29, 1.82) is 0 Å². The predicted molar refractivity (Wildman–Crippen MR) is 111 cm³/mol. The number of aryl methyl sites for hydroxylation is 2. The molecular formula is C22H23N3O2S. The number of methoxy groups -OCH3 is 1. The molecule has 0 spiro atoms. The van der Waals surface area contributed by atoms with E-state index < -0.39 is 0 Å². The predicted octanol–water partition coefficient (Wildman–Crippen LogP) is 3.78. The van der Waals surface area contributed by atoms with Gasteiger partial charge in [-0.1, -0.05) is 6.07 Å². The van der Waals surface area contributed by atoms with Gasteiger partial charge in [-0.15, -0.1) is 11.8 Å². The molecule has 1 amide bonds. The molecule has 2 aromatic carbocycles. The number of ether oxygens (including phenoxy) is 1. The first kappa shape index (κ1) is 18.6. The molecule has 1 N–H and O–H groups in total. The average Bonchev–Trinajstić information content (AvgIpc) is 3.39. The topological polar surface area (TPSA) is 56.1 Å². The lowest BCUT2D eigenvalue weighted by Crippen LogP contribution is -2.24. The molecule has 0 saturated carbocycles. The molecule has 5 nitrogen and oxygen atoms in total. The Bertz CT molecular complexity index is 966. The van der Waals surface area contributed by atoms with Gasteiger partial charge < -0.3 is 10.1 Å². The van der Waals surface area contributed by atoms with E-state index in [1.54, 1.807) is 23.6 Å². The summed E-state index contributed by atoms with van der Waals surface area (Å²) in [6, 6.07) is 16.2. The summed E-state index contributed by atoms with van der Waals surface area (Å²) in [6.45, 7) is 0.423. The first-order valence-corrected chi connectivity index (χ1v) is 10.4. The zero-order valence-electron chi connectivity index (χ0n) is 15.9. The molecular weight excluding hydrogens is 370 g/mol. The molecule has 3 aromatic rings. The van der Waals surface area contributed by atoms with E-state index >= 15 is 0 Å². The van der Waals surface area contributed by atoms with Crippen molar-refractivity contribution in [2.45, 2.75) is 30.7 Å². The Kier molecular flexibility index (Phi) is 5.67. The molecule has 1 aromatic heterocycles. The summed E-state index contributed by atoms with van der Waals surface area (Å²) in [5.74, 6) is 1.24. The van der Waals surface area contributed by atoms with Gasteiger partial charge >= 0.3 is 0 Å². The van der Waals surface area contributed by atoms with Crippen LogP contribution < -0.4 is 10.1 Å². The standard InChI is InChI=1S/C22H23N3O2S/c1-27-20-8-6-19(7-9-20)25-12-11-18(24-25)14-23-22(26)15-28-21-10-5-16-3-2-4-17(16)13-21/h5-13H,2-4,14-15H2,1H3,(H,23,26). The minimum Gasteiger partial charge on any atom is -0.497 e. The Morgan fingerprint density at radius 2 is 1.96 bits per heavy atom. The minimum absolute atomic E-state index is 0.0181. The number of hydrogen-bond donors (Lipinski definition) is 1. The Hall–Kier alpha value is -2.73. The van der Waals surface area contributed by atoms with E-state index in [0.29, 0.717) is 12.3 Å². The molecule has 0 saturated heterocycles. The average molecular weight is 394 g/mol. The minimum atomic E-state index is 0.0181. The van der Waals surface area contributed by atoms with E-state index in [0.717, 1.165) is 23.6 Å². The number of nitrogens with one attached hydrogen (secondary N) is 1. The van der Waals surface area contributed by atoms with Gasteiger partial charge in [0, 0.05) is 11.1 Å². The van der Waals surface area contributed by atoms with Gasteiger partial charge in [-0.3, -0.25) is 4.79 Å². The molecule has 144 valence electrons. The highest BCUT2D eigenvalue weighted by molar-refractivity contribution is 8.00. The van der Waals surface area contributed by atoms with Crippen LogP contribution in [-0.2, 0) is 24.2 Å². The number of benzene rings is 2. The molecule has 1 heterocycles. The van der Waals surface area contributed by atoms with Crippen molar-refractivity contribution < 1.29 is 9.53 Å². The van der Waals surface area contributed by atoms with E-state index in [-0.39, 0.29) is 5.91 Å². The second kappa shape index (κ2) is 8.52. The molecule has 28 heavy (non-hydrogen) atoms. The fourth-order valence-electron chi connectivity index (χ4n) is 3.36. The third-order valence-electron chi connectivity index (χ3n) is 4.89. The van der Waals surface area contributed by atoms with Crippen molar-refractivity contribution in [3.63, 3.8) is 0 Å². The van der Waals surface area contributed by atoms with E-state index in [2.05, 4.69) is 28.6 Å². The van der Waals surface area contributed by atoms with Crippen LogP contribution in [0, 0.1) is 0 Å². The quantitative estimate of drug-likeness (QED) is 0.621. The third kappa shape index (κ3) is 4.39. The SMILES string of the molecule is COc1ccc(-n2ccc(CNC(=O)CSc3ccc4c(c3)CCC4)n2)cc1. The first-order valence-electron chi connectivity index (χ1n) is 9.41. The molecule has 0 unspecified atom stereocenters. The summed E-state index contributed by atoms with van der Waals surface area (Å²) < 4.78 is 6.96. The van der Waals surface area contributed by atoms with Crippen LogP contribution in [0.5, 0.6) is 5.75 Å². The van der Waals surface area contributed by atoms with Crippen LogP contribution in [-0.4, -0.2) is 28.6 Å². The molecule has 0 bridgehead atoms. The second-order valence-electron chi connectivity index (χ2n) is 6.80. The summed E-state index contributed by atoms with van der Waals surface area (Å²) in [5.41, 5.74) is 4.67. The van der Waals surface area contributed by atoms with Crippen molar-refractivity contribution in [3.05, 3.63) is 71.5 Å². The first-order chi connectivity index (χ1) is 13.7. The van der Waals surface area contributed by atoms with Gasteiger partial charge in [0.05, 0.1) is 30.8 Å². The maximum Gasteiger partial charge on any atom is 0.230 e. The van der Waals surface area contributed by atoms with Gasteiger partial charge in [0.15, 0.2) is 0 Å². The van der Waals surface area contributed by atoms with E-state index in [1.807, 2.05) is 36.5 Å². The molecule has 0 fully saturated rings. The van der Waals surface area contributed by atoms with Crippen molar-refractivity contribution in [2.24, 2.45) is 0 Å². The van der Waals surface area contributed by atoms with Crippen molar-refractivity contribution in [2.75, 3.05) is 12.9 Å².